The number of thiophene rings is 1. The van der Waals surface area contributed by atoms with Crippen LogP contribution in [0.15, 0.2) is 5.16 Å². The first-order chi connectivity index (χ1) is 11.6. The average Bonchev–Trinajstić information content (AvgIpc) is 2.91. The number of anilines is 1. The minimum Gasteiger partial charge on any atom is -0.370 e. The van der Waals surface area contributed by atoms with E-state index in [2.05, 4.69) is 31.0 Å². The Hall–Kier alpha value is -0.890. The Labute approximate surface area is 151 Å². The van der Waals surface area contributed by atoms with Gasteiger partial charge in [-0.25, -0.2) is 9.97 Å². The van der Waals surface area contributed by atoms with Crippen LogP contribution in [-0.4, -0.2) is 47.5 Å². The zero-order valence-corrected chi connectivity index (χ0v) is 16.2. The van der Waals surface area contributed by atoms with Crippen molar-refractivity contribution >= 4 is 39.1 Å². The van der Waals surface area contributed by atoms with Crippen LogP contribution in [0.3, 0.4) is 0 Å². The van der Waals surface area contributed by atoms with E-state index < -0.39 is 0 Å². The lowest BCUT2D eigenvalue weighted by Gasteiger charge is -2.29. The van der Waals surface area contributed by atoms with E-state index in [-0.39, 0.29) is 5.60 Å². The predicted octanol–water partition coefficient (Wildman–Crippen LogP) is 2.04. The van der Waals surface area contributed by atoms with Crippen molar-refractivity contribution < 1.29 is 10.1 Å². The molecule has 0 saturated carbocycles. The van der Waals surface area contributed by atoms with E-state index in [1.165, 1.54) is 15.1 Å². The molecule has 5 nitrogen and oxygen atoms in total. The smallest absolute Gasteiger partial charge is 0.190 e. The van der Waals surface area contributed by atoms with Crippen molar-refractivity contribution in [2.45, 2.75) is 44.6 Å². The molecule has 7 heteroatoms. The molecule has 24 heavy (non-hydrogen) atoms. The van der Waals surface area contributed by atoms with Crippen LogP contribution in [0, 0.1) is 0 Å². The van der Waals surface area contributed by atoms with Crippen molar-refractivity contribution in [2.75, 3.05) is 36.8 Å². The van der Waals surface area contributed by atoms with Gasteiger partial charge in [0.2, 0.25) is 0 Å². The van der Waals surface area contributed by atoms with E-state index in [4.69, 9.17) is 14.7 Å². The lowest BCUT2D eigenvalue weighted by Crippen LogP contribution is -2.89. The van der Waals surface area contributed by atoms with Crippen LogP contribution in [0.4, 0.5) is 5.82 Å². The maximum absolute atomic E-state index is 6.06. The first kappa shape index (κ1) is 16.6. The number of quaternary nitrogens is 1. The van der Waals surface area contributed by atoms with E-state index in [1.54, 1.807) is 11.8 Å². The molecular formula is C17H25N4OS2+. The number of nitrogens with zero attached hydrogens (tertiary/aromatic N) is 3. The van der Waals surface area contributed by atoms with Gasteiger partial charge < -0.3 is 15.0 Å². The van der Waals surface area contributed by atoms with Crippen LogP contribution in [0.2, 0.25) is 0 Å². The topological polar surface area (TPSA) is 54.9 Å². The molecule has 130 valence electrons. The highest BCUT2D eigenvalue weighted by Crippen LogP contribution is 2.42. The zero-order valence-electron chi connectivity index (χ0n) is 14.6. The minimum atomic E-state index is -0.0808. The largest absolute Gasteiger partial charge is 0.370 e. The van der Waals surface area contributed by atoms with Gasteiger partial charge in [0.25, 0.3) is 0 Å². The molecule has 1 saturated heterocycles. The van der Waals surface area contributed by atoms with E-state index in [0.717, 1.165) is 54.8 Å². The molecule has 4 rings (SSSR count). The fourth-order valence-corrected chi connectivity index (χ4v) is 5.44. The number of aromatic nitrogens is 2. The maximum atomic E-state index is 6.06. The summed E-state index contributed by atoms with van der Waals surface area (Å²) in [6, 6.07) is 0. The number of thioether (sulfide) groups is 1. The second kappa shape index (κ2) is 6.44. The van der Waals surface area contributed by atoms with Gasteiger partial charge in [-0.2, -0.15) is 0 Å². The SMILES string of the molecule is CCSc1nc(N2CC[NH2+]CC2)c2sc3c(c2n1)COC(C)(C)C3. The Balaban J connectivity index is 1.85. The summed E-state index contributed by atoms with van der Waals surface area (Å²) in [7, 11) is 0. The fraction of sp³-hybridized carbons (Fsp3) is 0.647. The summed E-state index contributed by atoms with van der Waals surface area (Å²) >= 11 is 3.61. The number of ether oxygens (including phenoxy) is 1. The molecule has 1 fully saturated rings. The van der Waals surface area contributed by atoms with Crippen molar-refractivity contribution in [3.63, 3.8) is 0 Å². The molecular weight excluding hydrogens is 340 g/mol. The minimum absolute atomic E-state index is 0.0808. The standard InChI is InChI=1S/C17H24N4OS2/c1-4-23-16-19-13-11-10-22-17(2,3)9-12(11)24-14(13)15(20-16)21-7-5-18-6-8-21/h18H,4-10H2,1-3H3/p+1. The summed E-state index contributed by atoms with van der Waals surface area (Å²) in [6.45, 7) is 11.6. The average molecular weight is 366 g/mol. The molecule has 0 atom stereocenters. The molecule has 0 aliphatic carbocycles. The van der Waals surface area contributed by atoms with Gasteiger partial charge in [0, 0.05) is 16.9 Å². The van der Waals surface area contributed by atoms with E-state index in [0.29, 0.717) is 6.61 Å². The number of nitrogens with two attached hydrogens (primary N) is 1. The third-order valence-corrected chi connectivity index (χ3v) is 6.59. The van der Waals surface area contributed by atoms with Crippen molar-refractivity contribution in [3.05, 3.63) is 10.4 Å². The fourth-order valence-electron chi connectivity index (χ4n) is 3.40. The highest BCUT2D eigenvalue weighted by atomic mass is 32.2. The number of hydrogen-bond donors (Lipinski definition) is 1. The van der Waals surface area contributed by atoms with E-state index in [1.807, 2.05) is 11.3 Å². The molecule has 0 unspecified atom stereocenters. The lowest BCUT2D eigenvalue weighted by molar-refractivity contribution is -0.655. The number of hydrogen-bond acceptors (Lipinski definition) is 6. The van der Waals surface area contributed by atoms with Gasteiger partial charge in [0.15, 0.2) is 11.0 Å². The Morgan fingerprint density at radius 2 is 2.08 bits per heavy atom. The first-order valence-corrected chi connectivity index (χ1v) is 10.5. The monoisotopic (exact) mass is 365 g/mol. The first-order valence-electron chi connectivity index (χ1n) is 8.73. The molecule has 2 aromatic heterocycles. The number of piperazine rings is 1. The summed E-state index contributed by atoms with van der Waals surface area (Å²) < 4.78 is 7.32. The molecule has 0 amide bonds. The summed E-state index contributed by atoms with van der Waals surface area (Å²) in [4.78, 5) is 13.7. The van der Waals surface area contributed by atoms with Gasteiger partial charge in [-0.1, -0.05) is 18.7 Å². The number of fused-ring (bicyclic) bond motifs is 3. The van der Waals surface area contributed by atoms with E-state index >= 15 is 0 Å². The zero-order chi connectivity index (χ0) is 16.7. The molecule has 2 aromatic rings. The molecule has 2 N–H and O–H groups in total. The lowest BCUT2D eigenvalue weighted by atomic mass is 9.98. The maximum Gasteiger partial charge on any atom is 0.190 e. The normalized spacial score (nSPS) is 20.4. The number of rotatable bonds is 3. The van der Waals surface area contributed by atoms with Crippen molar-refractivity contribution in [1.29, 1.82) is 0 Å². The van der Waals surface area contributed by atoms with Gasteiger partial charge in [-0.15, -0.1) is 11.3 Å². The molecule has 0 bridgehead atoms. The van der Waals surface area contributed by atoms with Gasteiger partial charge in [-0.05, 0) is 19.6 Å². The quantitative estimate of drug-likeness (QED) is 0.666. The van der Waals surface area contributed by atoms with Crippen molar-refractivity contribution in [2.24, 2.45) is 0 Å². The summed E-state index contributed by atoms with van der Waals surface area (Å²) in [5.74, 6) is 2.13. The van der Waals surface area contributed by atoms with E-state index in [9.17, 15) is 0 Å². The Morgan fingerprint density at radius 3 is 2.83 bits per heavy atom. The third kappa shape index (κ3) is 3.03. The highest BCUT2D eigenvalue weighted by Gasteiger charge is 2.31. The molecule has 2 aliphatic rings. The van der Waals surface area contributed by atoms with Crippen LogP contribution in [0.25, 0.3) is 10.2 Å². The molecule has 4 heterocycles. The van der Waals surface area contributed by atoms with Gasteiger partial charge in [0.05, 0.1) is 48.6 Å². The van der Waals surface area contributed by atoms with Crippen LogP contribution >= 0.6 is 23.1 Å². The van der Waals surface area contributed by atoms with Gasteiger partial charge in [-0.3, -0.25) is 0 Å². The third-order valence-electron chi connectivity index (χ3n) is 4.65. The van der Waals surface area contributed by atoms with Crippen molar-refractivity contribution in [3.8, 4) is 0 Å². The summed E-state index contributed by atoms with van der Waals surface area (Å²) in [5.41, 5.74) is 2.34. The second-order valence-corrected chi connectivity index (χ2v) is 9.36. The Bertz CT molecular complexity index is 753. The van der Waals surface area contributed by atoms with Gasteiger partial charge in [0.1, 0.15) is 0 Å². The molecule has 2 aliphatic heterocycles. The highest BCUT2D eigenvalue weighted by molar-refractivity contribution is 7.99. The van der Waals surface area contributed by atoms with Crippen LogP contribution in [0.5, 0.6) is 0 Å². The molecule has 0 aromatic carbocycles. The summed E-state index contributed by atoms with van der Waals surface area (Å²) in [6.07, 6.45) is 0.965. The van der Waals surface area contributed by atoms with Crippen LogP contribution < -0.4 is 10.2 Å². The Kier molecular flexibility index (Phi) is 4.45. The van der Waals surface area contributed by atoms with Gasteiger partial charge >= 0.3 is 0 Å². The van der Waals surface area contributed by atoms with Crippen molar-refractivity contribution in [1.82, 2.24) is 9.97 Å². The Morgan fingerprint density at radius 1 is 1.29 bits per heavy atom. The predicted molar refractivity (Wildman–Crippen MR) is 100 cm³/mol. The summed E-state index contributed by atoms with van der Waals surface area (Å²) in [5, 5.41) is 3.28. The van der Waals surface area contributed by atoms with Crippen LogP contribution in [-0.2, 0) is 17.8 Å². The second-order valence-electron chi connectivity index (χ2n) is 7.02. The molecule has 0 radical (unpaired) electrons. The molecule has 0 spiro atoms. The van der Waals surface area contributed by atoms with Crippen LogP contribution in [0.1, 0.15) is 31.2 Å².